The molecule has 6 nitrogen and oxygen atoms in total. The summed E-state index contributed by atoms with van der Waals surface area (Å²) in [5.41, 5.74) is 0.654. The van der Waals surface area contributed by atoms with Crippen molar-refractivity contribution < 1.29 is 22.3 Å². The van der Waals surface area contributed by atoms with Crippen LogP contribution in [0.4, 0.5) is 15.8 Å². The summed E-state index contributed by atoms with van der Waals surface area (Å²) in [4.78, 5) is 12.3. The molecule has 1 amide bonds. The van der Waals surface area contributed by atoms with Gasteiger partial charge in [0.15, 0.2) is 0 Å². The molecule has 27 heavy (non-hydrogen) atoms. The van der Waals surface area contributed by atoms with Crippen LogP contribution in [-0.4, -0.2) is 26.2 Å². The zero-order chi connectivity index (χ0) is 20.0. The van der Waals surface area contributed by atoms with Crippen LogP contribution in [0.2, 0.25) is 0 Å². The molecule has 2 N–H and O–H groups in total. The molecule has 0 heterocycles. The number of hydrogen-bond acceptors (Lipinski definition) is 4. The monoisotopic (exact) mass is 394 g/mol. The molecule has 0 radical (unpaired) electrons. The fourth-order valence-corrected chi connectivity index (χ4v) is 3.71. The molecular formula is C19H23FN2O4S. The van der Waals surface area contributed by atoms with E-state index in [4.69, 9.17) is 4.74 Å². The molecule has 0 saturated carbocycles. The largest absolute Gasteiger partial charge is 0.491 e. The van der Waals surface area contributed by atoms with Gasteiger partial charge in [-0.25, -0.2) is 12.8 Å². The number of anilines is 2. The van der Waals surface area contributed by atoms with Crippen molar-refractivity contribution in [3.63, 3.8) is 0 Å². The van der Waals surface area contributed by atoms with Crippen LogP contribution in [0.15, 0.2) is 48.5 Å². The predicted molar refractivity (Wildman–Crippen MR) is 104 cm³/mol. The molecule has 0 bridgehead atoms. The van der Waals surface area contributed by atoms with Gasteiger partial charge in [0.1, 0.15) is 11.6 Å². The van der Waals surface area contributed by atoms with Gasteiger partial charge in [-0.15, -0.1) is 0 Å². The van der Waals surface area contributed by atoms with Gasteiger partial charge in [0, 0.05) is 5.69 Å². The third-order valence-corrected chi connectivity index (χ3v) is 4.99. The van der Waals surface area contributed by atoms with E-state index in [1.165, 1.54) is 25.1 Å². The standard InChI is InChI=1S/C19H23FN2O4S/c1-13(2)26-18-9-7-16(8-10-18)21-19(23)14(3)12-27(24,25)22-17-6-4-5-15(20)11-17/h4-11,13-14,22H,12H2,1-3H3,(H,21,23). The normalized spacial score (nSPS) is 12.5. The average molecular weight is 394 g/mol. The minimum absolute atomic E-state index is 0.0428. The second kappa shape index (κ2) is 8.85. The SMILES string of the molecule is CC(C)Oc1ccc(NC(=O)C(C)CS(=O)(=O)Nc2cccc(F)c2)cc1. The zero-order valence-corrected chi connectivity index (χ0v) is 16.2. The van der Waals surface area contributed by atoms with Crippen LogP contribution in [0.1, 0.15) is 20.8 Å². The van der Waals surface area contributed by atoms with E-state index in [0.29, 0.717) is 11.4 Å². The number of amides is 1. The zero-order valence-electron chi connectivity index (χ0n) is 15.4. The van der Waals surface area contributed by atoms with Crippen LogP contribution in [-0.2, 0) is 14.8 Å². The Kier molecular flexibility index (Phi) is 6.79. The van der Waals surface area contributed by atoms with Crippen LogP contribution in [0.3, 0.4) is 0 Å². The maximum atomic E-state index is 13.2. The molecule has 1 unspecified atom stereocenters. The smallest absolute Gasteiger partial charge is 0.233 e. The summed E-state index contributed by atoms with van der Waals surface area (Å²) < 4.78 is 45.4. The lowest BCUT2D eigenvalue weighted by Gasteiger charge is -2.14. The molecule has 8 heteroatoms. The predicted octanol–water partition coefficient (Wildman–Crippen LogP) is 3.63. The number of carbonyl (C=O) groups is 1. The van der Waals surface area contributed by atoms with E-state index in [9.17, 15) is 17.6 Å². The number of hydrogen-bond donors (Lipinski definition) is 2. The molecule has 0 aromatic heterocycles. The van der Waals surface area contributed by atoms with Crippen LogP contribution in [0, 0.1) is 11.7 Å². The van der Waals surface area contributed by atoms with Crippen molar-refractivity contribution in [2.75, 3.05) is 15.8 Å². The van der Waals surface area contributed by atoms with Crippen molar-refractivity contribution in [2.24, 2.45) is 5.92 Å². The van der Waals surface area contributed by atoms with Gasteiger partial charge in [-0.1, -0.05) is 13.0 Å². The van der Waals surface area contributed by atoms with Gasteiger partial charge in [-0.3, -0.25) is 9.52 Å². The number of ether oxygens (including phenoxy) is 1. The minimum Gasteiger partial charge on any atom is -0.491 e. The Morgan fingerprint density at radius 2 is 1.74 bits per heavy atom. The molecule has 2 aromatic carbocycles. The number of sulfonamides is 1. The Labute approximate surface area is 158 Å². The molecule has 2 rings (SSSR count). The van der Waals surface area contributed by atoms with Crippen molar-refractivity contribution in [3.05, 3.63) is 54.3 Å². The fraction of sp³-hybridized carbons (Fsp3) is 0.316. The second-order valence-electron chi connectivity index (χ2n) is 6.48. The van der Waals surface area contributed by atoms with Gasteiger partial charge in [-0.2, -0.15) is 0 Å². The third kappa shape index (κ3) is 6.90. The Morgan fingerprint density at radius 1 is 1.07 bits per heavy atom. The minimum atomic E-state index is -3.81. The highest BCUT2D eigenvalue weighted by Gasteiger charge is 2.22. The van der Waals surface area contributed by atoms with Crippen molar-refractivity contribution >= 4 is 27.3 Å². The summed E-state index contributed by atoms with van der Waals surface area (Å²) in [5.74, 6) is -1.53. The van der Waals surface area contributed by atoms with E-state index in [0.717, 1.165) is 6.07 Å². The Bertz CT molecular complexity index is 883. The first-order valence-electron chi connectivity index (χ1n) is 8.48. The first-order chi connectivity index (χ1) is 12.6. The highest BCUT2D eigenvalue weighted by Crippen LogP contribution is 2.18. The van der Waals surface area contributed by atoms with Crippen LogP contribution >= 0.6 is 0 Å². The molecule has 0 aliphatic heterocycles. The van der Waals surface area contributed by atoms with E-state index in [2.05, 4.69) is 10.0 Å². The molecule has 1 atom stereocenters. The summed E-state index contributed by atoms with van der Waals surface area (Å²) in [6, 6.07) is 11.9. The first kappa shape index (κ1) is 20.7. The maximum absolute atomic E-state index is 13.2. The number of benzene rings is 2. The molecule has 0 saturated heterocycles. The number of rotatable bonds is 8. The Morgan fingerprint density at radius 3 is 2.33 bits per heavy atom. The molecule has 0 aliphatic rings. The van der Waals surface area contributed by atoms with Crippen LogP contribution < -0.4 is 14.8 Å². The van der Waals surface area contributed by atoms with Crippen LogP contribution in [0.25, 0.3) is 0 Å². The molecule has 146 valence electrons. The number of carbonyl (C=O) groups excluding carboxylic acids is 1. The van der Waals surface area contributed by atoms with Crippen molar-refractivity contribution in [2.45, 2.75) is 26.9 Å². The Balaban J connectivity index is 1.94. The molecule has 2 aromatic rings. The van der Waals surface area contributed by atoms with Crippen molar-refractivity contribution in [1.82, 2.24) is 0 Å². The summed E-state index contributed by atoms with van der Waals surface area (Å²) in [6.45, 7) is 5.34. The first-order valence-corrected chi connectivity index (χ1v) is 10.1. The van der Waals surface area contributed by atoms with Gasteiger partial charge < -0.3 is 10.1 Å². The summed E-state index contributed by atoms with van der Waals surface area (Å²) >= 11 is 0. The van der Waals surface area contributed by atoms with Crippen molar-refractivity contribution in [3.8, 4) is 5.75 Å². The van der Waals surface area contributed by atoms with E-state index < -0.39 is 33.4 Å². The number of halogens is 1. The van der Waals surface area contributed by atoms with Crippen LogP contribution in [0.5, 0.6) is 5.75 Å². The quantitative estimate of drug-likeness (QED) is 0.716. The lowest BCUT2D eigenvalue weighted by atomic mass is 10.2. The lowest BCUT2D eigenvalue weighted by molar-refractivity contribution is -0.118. The molecule has 0 fully saturated rings. The van der Waals surface area contributed by atoms with Gasteiger partial charge in [0.25, 0.3) is 0 Å². The third-order valence-electron chi connectivity index (χ3n) is 3.51. The average Bonchev–Trinajstić information content (AvgIpc) is 2.55. The number of nitrogens with one attached hydrogen (secondary N) is 2. The van der Waals surface area contributed by atoms with E-state index >= 15 is 0 Å². The molecular weight excluding hydrogens is 371 g/mol. The van der Waals surface area contributed by atoms with E-state index in [1.54, 1.807) is 24.3 Å². The topological polar surface area (TPSA) is 84.5 Å². The van der Waals surface area contributed by atoms with Crippen molar-refractivity contribution in [1.29, 1.82) is 0 Å². The lowest BCUT2D eigenvalue weighted by Crippen LogP contribution is -2.29. The van der Waals surface area contributed by atoms with Gasteiger partial charge in [0.05, 0.1) is 23.5 Å². The fourth-order valence-electron chi connectivity index (χ4n) is 2.33. The van der Waals surface area contributed by atoms with E-state index in [1.807, 2.05) is 13.8 Å². The second-order valence-corrected chi connectivity index (χ2v) is 8.24. The highest BCUT2D eigenvalue weighted by molar-refractivity contribution is 7.92. The summed E-state index contributed by atoms with van der Waals surface area (Å²) in [7, 11) is -3.81. The summed E-state index contributed by atoms with van der Waals surface area (Å²) in [6.07, 6.45) is 0.0428. The summed E-state index contributed by atoms with van der Waals surface area (Å²) in [5, 5.41) is 2.67. The Hall–Kier alpha value is -2.61. The maximum Gasteiger partial charge on any atom is 0.233 e. The van der Waals surface area contributed by atoms with Gasteiger partial charge in [-0.05, 0) is 56.3 Å². The van der Waals surface area contributed by atoms with Gasteiger partial charge >= 0.3 is 0 Å². The van der Waals surface area contributed by atoms with E-state index in [-0.39, 0.29) is 11.8 Å². The molecule has 0 aliphatic carbocycles. The van der Waals surface area contributed by atoms with Gasteiger partial charge in [0.2, 0.25) is 15.9 Å². The highest BCUT2D eigenvalue weighted by atomic mass is 32.2. The molecule has 0 spiro atoms.